The highest BCUT2D eigenvalue weighted by atomic mass is 35.5. The molecule has 5 heteroatoms. The minimum atomic E-state index is 0.0467. The second-order valence-corrected chi connectivity index (χ2v) is 5.33. The Kier molecular flexibility index (Phi) is 3.35. The van der Waals surface area contributed by atoms with Crippen LogP contribution in [-0.4, -0.2) is 11.5 Å². The molecule has 0 amide bonds. The fourth-order valence-electron chi connectivity index (χ4n) is 2.61. The van der Waals surface area contributed by atoms with Gasteiger partial charge in [-0.25, -0.2) is 0 Å². The van der Waals surface area contributed by atoms with Gasteiger partial charge in [0.2, 0.25) is 0 Å². The van der Waals surface area contributed by atoms with Gasteiger partial charge in [-0.1, -0.05) is 23.2 Å². The first kappa shape index (κ1) is 12.7. The minimum absolute atomic E-state index is 0.0467. The van der Waals surface area contributed by atoms with Gasteiger partial charge in [-0.3, -0.25) is 4.98 Å². The van der Waals surface area contributed by atoms with E-state index in [0.29, 0.717) is 13.1 Å². The summed E-state index contributed by atoms with van der Waals surface area (Å²) in [6.07, 6.45) is 3.58. The van der Waals surface area contributed by atoms with Crippen LogP contribution in [-0.2, 0) is 6.54 Å². The van der Waals surface area contributed by atoms with Gasteiger partial charge in [0.25, 0.3) is 0 Å². The van der Waals surface area contributed by atoms with Gasteiger partial charge in [-0.05, 0) is 29.8 Å². The van der Waals surface area contributed by atoms with Crippen LogP contribution in [0, 0.1) is 0 Å². The molecule has 19 heavy (non-hydrogen) atoms. The normalized spacial score (nSPS) is 17.6. The topological polar surface area (TPSA) is 42.1 Å². The lowest BCUT2D eigenvalue weighted by molar-refractivity contribution is 0.678. The molecule has 0 saturated heterocycles. The zero-order chi connectivity index (χ0) is 13.4. The maximum absolute atomic E-state index is 6.31. The zero-order valence-corrected chi connectivity index (χ0v) is 11.7. The minimum Gasteiger partial charge on any atom is -0.357 e. The van der Waals surface area contributed by atoms with Crippen molar-refractivity contribution in [1.82, 2.24) is 4.98 Å². The Hall–Kier alpha value is -1.29. The van der Waals surface area contributed by atoms with Crippen molar-refractivity contribution in [2.24, 2.45) is 5.73 Å². The van der Waals surface area contributed by atoms with E-state index in [2.05, 4.69) is 9.88 Å². The first-order chi connectivity index (χ1) is 9.22. The molecule has 2 aromatic rings. The number of anilines is 1. The average Bonchev–Trinajstić information content (AvgIpc) is 2.84. The fraction of sp³-hybridized carbons (Fsp3) is 0.214. The number of benzene rings is 1. The number of pyridine rings is 1. The molecule has 1 aromatic carbocycles. The van der Waals surface area contributed by atoms with Gasteiger partial charge < -0.3 is 10.6 Å². The second-order valence-electron chi connectivity index (χ2n) is 4.51. The molecular formula is C14H13Cl2N3. The largest absolute Gasteiger partial charge is 0.357 e. The van der Waals surface area contributed by atoms with Gasteiger partial charge in [-0.2, -0.15) is 0 Å². The number of hydrogen-bond acceptors (Lipinski definition) is 3. The molecule has 1 atom stereocenters. The molecule has 1 unspecified atom stereocenters. The van der Waals surface area contributed by atoms with Crippen molar-refractivity contribution in [2.45, 2.75) is 12.6 Å². The average molecular weight is 294 g/mol. The molecule has 0 saturated carbocycles. The third kappa shape index (κ3) is 2.08. The number of nitrogens with two attached hydrogens (primary N) is 1. The summed E-state index contributed by atoms with van der Waals surface area (Å²) in [7, 11) is 0. The smallest absolute Gasteiger partial charge is 0.0687 e. The van der Waals surface area contributed by atoms with E-state index in [1.54, 1.807) is 6.20 Å². The Bertz CT molecular complexity index is 601. The van der Waals surface area contributed by atoms with Gasteiger partial charge in [0, 0.05) is 34.9 Å². The number of hydrogen-bond donors (Lipinski definition) is 1. The van der Waals surface area contributed by atoms with Crippen molar-refractivity contribution in [2.75, 3.05) is 11.4 Å². The van der Waals surface area contributed by atoms with E-state index in [4.69, 9.17) is 28.9 Å². The van der Waals surface area contributed by atoms with E-state index in [0.717, 1.165) is 26.9 Å². The van der Waals surface area contributed by atoms with Crippen LogP contribution in [0.3, 0.4) is 0 Å². The Balaban J connectivity index is 2.09. The Morgan fingerprint density at radius 1 is 1.26 bits per heavy atom. The van der Waals surface area contributed by atoms with Crippen molar-refractivity contribution in [1.29, 1.82) is 0 Å². The van der Waals surface area contributed by atoms with Crippen LogP contribution in [0.25, 0.3) is 0 Å². The highest BCUT2D eigenvalue weighted by Crippen LogP contribution is 2.43. The summed E-state index contributed by atoms with van der Waals surface area (Å²) in [6, 6.07) is 7.64. The Morgan fingerprint density at radius 3 is 2.74 bits per heavy atom. The van der Waals surface area contributed by atoms with E-state index in [9.17, 15) is 0 Å². The number of aromatic nitrogens is 1. The van der Waals surface area contributed by atoms with Crippen molar-refractivity contribution in [3.05, 3.63) is 57.8 Å². The third-order valence-electron chi connectivity index (χ3n) is 3.49. The van der Waals surface area contributed by atoms with Crippen LogP contribution in [0.5, 0.6) is 0 Å². The molecule has 0 spiro atoms. The Morgan fingerprint density at radius 2 is 2.05 bits per heavy atom. The van der Waals surface area contributed by atoms with Crippen LogP contribution in [0.15, 0.2) is 36.7 Å². The second kappa shape index (κ2) is 5.00. The maximum atomic E-state index is 6.31. The van der Waals surface area contributed by atoms with Gasteiger partial charge in [0.05, 0.1) is 17.9 Å². The predicted octanol–water partition coefficient (Wildman–Crippen LogP) is 3.41. The number of rotatable bonds is 2. The maximum Gasteiger partial charge on any atom is 0.0687 e. The summed E-state index contributed by atoms with van der Waals surface area (Å²) in [6.45, 7) is 1.20. The summed E-state index contributed by atoms with van der Waals surface area (Å²) in [4.78, 5) is 6.35. The quantitative estimate of drug-likeness (QED) is 0.923. The number of halogens is 2. The first-order valence-corrected chi connectivity index (χ1v) is 6.81. The van der Waals surface area contributed by atoms with Crippen LogP contribution in [0.1, 0.15) is 17.2 Å². The monoisotopic (exact) mass is 293 g/mol. The van der Waals surface area contributed by atoms with E-state index in [1.807, 2.05) is 30.5 Å². The molecule has 1 aliphatic rings. The third-order valence-corrected chi connectivity index (χ3v) is 4.17. The molecule has 3 rings (SSSR count). The summed E-state index contributed by atoms with van der Waals surface area (Å²) >= 11 is 12.6. The molecule has 0 fully saturated rings. The van der Waals surface area contributed by atoms with Crippen molar-refractivity contribution < 1.29 is 0 Å². The highest BCUT2D eigenvalue weighted by Gasteiger charge is 2.32. The van der Waals surface area contributed by atoms with E-state index in [1.165, 1.54) is 0 Å². The molecule has 0 bridgehead atoms. The lowest BCUT2D eigenvalue weighted by atomic mass is 10.0. The lowest BCUT2D eigenvalue weighted by Gasteiger charge is -2.26. The van der Waals surface area contributed by atoms with Crippen molar-refractivity contribution >= 4 is 28.9 Å². The SMILES string of the molecule is NCC1c2c(Cl)ccc(Cl)c2CN1c1cccnc1. The molecular weight excluding hydrogens is 281 g/mol. The standard InChI is InChI=1S/C14H13Cl2N3/c15-11-3-4-12(16)14-10(11)8-19(13(14)6-17)9-2-1-5-18-7-9/h1-5,7,13H,6,8,17H2. The van der Waals surface area contributed by atoms with Crippen LogP contribution < -0.4 is 10.6 Å². The Labute approximate surface area is 122 Å². The van der Waals surface area contributed by atoms with E-state index in [-0.39, 0.29) is 6.04 Å². The highest BCUT2D eigenvalue weighted by molar-refractivity contribution is 6.34. The number of fused-ring (bicyclic) bond motifs is 1. The zero-order valence-electron chi connectivity index (χ0n) is 10.2. The molecule has 0 aliphatic carbocycles. The number of nitrogens with zero attached hydrogens (tertiary/aromatic N) is 2. The fourth-order valence-corrected chi connectivity index (χ4v) is 3.13. The molecule has 1 aromatic heterocycles. The van der Waals surface area contributed by atoms with E-state index >= 15 is 0 Å². The summed E-state index contributed by atoms with van der Waals surface area (Å²) in [5.41, 5.74) is 9.07. The molecule has 2 N–H and O–H groups in total. The van der Waals surface area contributed by atoms with Crippen molar-refractivity contribution in [3.8, 4) is 0 Å². The predicted molar refractivity (Wildman–Crippen MR) is 78.7 cm³/mol. The van der Waals surface area contributed by atoms with Gasteiger partial charge >= 0.3 is 0 Å². The van der Waals surface area contributed by atoms with Crippen LogP contribution in [0.2, 0.25) is 10.0 Å². The summed E-state index contributed by atoms with van der Waals surface area (Å²) in [5, 5.41) is 1.46. The first-order valence-electron chi connectivity index (χ1n) is 6.06. The lowest BCUT2D eigenvalue weighted by Crippen LogP contribution is -2.27. The summed E-state index contributed by atoms with van der Waals surface area (Å²) < 4.78 is 0. The summed E-state index contributed by atoms with van der Waals surface area (Å²) in [5.74, 6) is 0. The van der Waals surface area contributed by atoms with Crippen LogP contribution >= 0.6 is 23.2 Å². The molecule has 2 heterocycles. The molecule has 3 nitrogen and oxygen atoms in total. The van der Waals surface area contributed by atoms with Crippen LogP contribution in [0.4, 0.5) is 5.69 Å². The molecule has 98 valence electrons. The molecule has 1 aliphatic heterocycles. The van der Waals surface area contributed by atoms with Gasteiger partial charge in [0.15, 0.2) is 0 Å². The van der Waals surface area contributed by atoms with Gasteiger partial charge in [-0.15, -0.1) is 0 Å². The van der Waals surface area contributed by atoms with Crippen molar-refractivity contribution in [3.63, 3.8) is 0 Å². The molecule has 0 radical (unpaired) electrons. The van der Waals surface area contributed by atoms with E-state index < -0.39 is 0 Å². The van der Waals surface area contributed by atoms with Gasteiger partial charge in [0.1, 0.15) is 0 Å².